The van der Waals surface area contributed by atoms with E-state index in [1.807, 2.05) is 43.3 Å². The van der Waals surface area contributed by atoms with Crippen LogP contribution in [0, 0.1) is 0 Å². The van der Waals surface area contributed by atoms with Gasteiger partial charge in [0.15, 0.2) is 0 Å². The van der Waals surface area contributed by atoms with Crippen molar-refractivity contribution in [2.45, 2.75) is 17.6 Å². The second kappa shape index (κ2) is 6.37. The molecule has 0 saturated carbocycles. The molecule has 0 radical (unpaired) electrons. The molecule has 1 aliphatic rings. The standard InChI is InChI=1S/C18H16ClN3O2S/c1-2-24-15-9-7-14(8-10-15)22-17-16(20-21-22)18(23,11-25-17)12-3-5-13(19)6-4-12/h3-10,23H,2,11H2,1H3. The molecule has 4 rings (SSSR count). The van der Waals surface area contributed by atoms with Gasteiger partial charge in [-0.25, -0.2) is 4.68 Å². The fraction of sp³-hybridized carbons (Fsp3) is 0.222. The van der Waals surface area contributed by atoms with Gasteiger partial charge < -0.3 is 9.84 Å². The number of fused-ring (bicyclic) bond motifs is 1. The lowest BCUT2D eigenvalue weighted by molar-refractivity contribution is 0.104. The lowest BCUT2D eigenvalue weighted by atomic mass is 9.93. The topological polar surface area (TPSA) is 60.2 Å². The summed E-state index contributed by atoms with van der Waals surface area (Å²) in [5.41, 5.74) is 1.06. The van der Waals surface area contributed by atoms with Gasteiger partial charge in [-0.15, -0.1) is 16.9 Å². The van der Waals surface area contributed by atoms with E-state index < -0.39 is 5.60 Å². The van der Waals surface area contributed by atoms with Crippen molar-refractivity contribution in [3.63, 3.8) is 0 Å². The van der Waals surface area contributed by atoms with Gasteiger partial charge in [-0.1, -0.05) is 28.9 Å². The number of nitrogens with zero attached hydrogens (tertiary/aromatic N) is 3. The highest BCUT2D eigenvalue weighted by Gasteiger charge is 2.44. The van der Waals surface area contributed by atoms with Gasteiger partial charge in [0.05, 0.1) is 12.3 Å². The van der Waals surface area contributed by atoms with Gasteiger partial charge in [0.1, 0.15) is 22.1 Å². The fourth-order valence-electron chi connectivity index (χ4n) is 2.87. The summed E-state index contributed by atoms with van der Waals surface area (Å²) in [4.78, 5) is 0. The van der Waals surface area contributed by atoms with Crippen LogP contribution in [0.25, 0.3) is 5.69 Å². The first kappa shape index (κ1) is 16.4. The second-order valence-electron chi connectivity index (χ2n) is 5.74. The molecule has 0 saturated heterocycles. The van der Waals surface area contributed by atoms with Crippen LogP contribution in [0.15, 0.2) is 53.6 Å². The van der Waals surface area contributed by atoms with E-state index in [2.05, 4.69) is 10.3 Å². The third-order valence-corrected chi connectivity index (χ3v) is 5.61. The summed E-state index contributed by atoms with van der Waals surface area (Å²) >= 11 is 7.49. The Hall–Kier alpha value is -2.02. The summed E-state index contributed by atoms with van der Waals surface area (Å²) < 4.78 is 7.22. The van der Waals surface area contributed by atoms with Gasteiger partial charge in [0.25, 0.3) is 0 Å². The molecule has 1 aromatic heterocycles. The van der Waals surface area contributed by atoms with E-state index in [0.717, 1.165) is 22.0 Å². The Bertz CT molecular complexity index is 896. The molecule has 25 heavy (non-hydrogen) atoms. The summed E-state index contributed by atoms with van der Waals surface area (Å²) in [6, 6.07) is 14.9. The first-order chi connectivity index (χ1) is 12.1. The molecule has 2 heterocycles. The third kappa shape index (κ3) is 2.80. The van der Waals surface area contributed by atoms with E-state index in [1.165, 1.54) is 0 Å². The number of thioether (sulfide) groups is 1. The van der Waals surface area contributed by atoms with Gasteiger partial charge in [-0.05, 0) is 48.9 Å². The summed E-state index contributed by atoms with van der Waals surface area (Å²) in [6.45, 7) is 2.58. The van der Waals surface area contributed by atoms with Crippen LogP contribution >= 0.6 is 23.4 Å². The van der Waals surface area contributed by atoms with E-state index in [9.17, 15) is 5.11 Å². The van der Waals surface area contributed by atoms with Crippen LogP contribution < -0.4 is 4.74 Å². The van der Waals surface area contributed by atoms with E-state index in [4.69, 9.17) is 16.3 Å². The quantitative estimate of drug-likeness (QED) is 0.756. The summed E-state index contributed by atoms with van der Waals surface area (Å²) in [5.74, 6) is 1.31. The molecule has 0 aliphatic carbocycles. The van der Waals surface area contributed by atoms with Crippen LogP contribution in [0.5, 0.6) is 5.75 Å². The number of rotatable bonds is 4. The molecule has 5 nitrogen and oxygen atoms in total. The maximum atomic E-state index is 11.2. The first-order valence-corrected chi connectivity index (χ1v) is 9.29. The number of aliphatic hydroxyl groups is 1. The Balaban J connectivity index is 1.70. The van der Waals surface area contributed by atoms with Gasteiger partial charge in [0, 0.05) is 10.8 Å². The van der Waals surface area contributed by atoms with E-state index in [-0.39, 0.29) is 0 Å². The predicted molar refractivity (Wildman–Crippen MR) is 97.7 cm³/mol. The maximum absolute atomic E-state index is 11.2. The summed E-state index contributed by atoms with van der Waals surface area (Å²) in [7, 11) is 0. The third-order valence-electron chi connectivity index (χ3n) is 4.15. The van der Waals surface area contributed by atoms with Crippen LogP contribution in [0.4, 0.5) is 0 Å². The van der Waals surface area contributed by atoms with Gasteiger partial charge >= 0.3 is 0 Å². The normalized spacial score (nSPS) is 19.0. The molecule has 128 valence electrons. The van der Waals surface area contributed by atoms with Crippen LogP contribution in [0.1, 0.15) is 18.2 Å². The van der Waals surface area contributed by atoms with Crippen molar-refractivity contribution in [1.29, 1.82) is 0 Å². The Morgan fingerprint density at radius 3 is 2.60 bits per heavy atom. The van der Waals surface area contributed by atoms with Crippen molar-refractivity contribution in [3.05, 3.63) is 64.8 Å². The minimum absolute atomic E-state index is 0.492. The monoisotopic (exact) mass is 373 g/mol. The lowest BCUT2D eigenvalue weighted by Gasteiger charge is -2.20. The van der Waals surface area contributed by atoms with Gasteiger partial charge in [-0.3, -0.25) is 0 Å². The minimum atomic E-state index is -1.16. The highest BCUT2D eigenvalue weighted by molar-refractivity contribution is 7.99. The minimum Gasteiger partial charge on any atom is -0.494 e. The summed E-state index contributed by atoms with van der Waals surface area (Å²) in [5, 5.41) is 21.2. The Labute approximate surface area is 154 Å². The molecule has 0 amide bonds. The zero-order valence-electron chi connectivity index (χ0n) is 13.5. The zero-order chi connectivity index (χ0) is 17.4. The maximum Gasteiger partial charge on any atom is 0.145 e. The van der Waals surface area contributed by atoms with Gasteiger partial charge in [-0.2, -0.15) is 0 Å². The molecule has 2 aromatic carbocycles. The van der Waals surface area contributed by atoms with Crippen molar-refractivity contribution in [2.24, 2.45) is 0 Å². The molecule has 1 aliphatic heterocycles. The van der Waals surface area contributed by atoms with E-state index >= 15 is 0 Å². The van der Waals surface area contributed by atoms with Crippen molar-refractivity contribution >= 4 is 23.4 Å². The van der Waals surface area contributed by atoms with E-state index in [1.54, 1.807) is 28.6 Å². The SMILES string of the molecule is CCOc1ccc(-n2nnc3c2SCC3(O)c2ccc(Cl)cc2)cc1. The van der Waals surface area contributed by atoms with Crippen molar-refractivity contribution in [2.75, 3.05) is 12.4 Å². The number of hydrogen-bond donors (Lipinski definition) is 1. The predicted octanol–water partition coefficient (Wildman–Crippen LogP) is 3.66. The number of ether oxygens (including phenoxy) is 1. The van der Waals surface area contributed by atoms with Crippen LogP contribution in [0.3, 0.4) is 0 Å². The molecular weight excluding hydrogens is 358 g/mol. The van der Waals surface area contributed by atoms with Crippen LogP contribution in [-0.4, -0.2) is 32.5 Å². The van der Waals surface area contributed by atoms with Crippen molar-refractivity contribution < 1.29 is 9.84 Å². The van der Waals surface area contributed by atoms with Crippen molar-refractivity contribution in [1.82, 2.24) is 15.0 Å². The van der Waals surface area contributed by atoms with Crippen LogP contribution in [0.2, 0.25) is 5.02 Å². The fourth-order valence-corrected chi connectivity index (χ4v) is 4.25. The van der Waals surface area contributed by atoms with Crippen molar-refractivity contribution in [3.8, 4) is 11.4 Å². The molecule has 7 heteroatoms. The lowest BCUT2D eigenvalue weighted by Crippen LogP contribution is -2.27. The zero-order valence-corrected chi connectivity index (χ0v) is 15.1. The number of aromatic nitrogens is 3. The second-order valence-corrected chi connectivity index (χ2v) is 7.14. The Morgan fingerprint density at radius 1 is 1.20 bits per heavy atom. The molecule has 1 unspecified atom stereocenters. The molecule has 1 N–H and O–H groups in total. The molecule has 0 fully saturated rings. The highest BCUT2D eigenvalue weighted by Crippen LogP contribution is 2.45. The van der Waals surface area contributed by atoms with Gasteiger partial charge in [0.2, 0.25) is 0 Å². The molecule has 1 atom stereocenters. The largest absolute Gasteiger partial charge is 0.494 e. The van der Waals surface area contributed by atoms with E-state index in [0.29, 0.717) is 23.1 Å². The van der Waals surface area contributed by atoms with Crippen LogP contribution in [-0.2, 0) is 5.60 Å². The highest BCUT2D eigenvalue weighted by atomic mass is 35.5. The smallest absolute Gasteiger partial charge is 0.145 e. The molecule has 3 aromatic rings. The Kier molecular flexibility index (Phi) is 4.19. The average Bonchev–Trinajstić information content (AvgIpc) is 3.19. The molecule has 0 spiro atoms. The number of hydrogen-bond acceptors (Lipinski definition) is 5. The summed E-state index contributed by atoms with van der Waals surface area (Å²) in [6.07, 6.45) is 0. The Morgan fingerprint density at radius 2 is 1.92 bits per heavy atom. The number of halogens is 1. The average molecular weight is 374 g/mol. The molecule has 0 bridgehead atoms. The first-order valence-electron chi connectivity index (χ1n) is 7.92. The number of benzene rings is 2. The molecular formula is C18H16ClN3O2S.